The Hall–Kier alpha value is -1.44. The van der Waals surface area contributed by atoms with Crippen molar-refractivity contribution in [2.75, 3.05) is 0 Å². The van der Waals surface area contributed by atoms with Crippen LogP contribution in [0.25, 0.3) is 5.65 Å². The van der Waals surface area contributed by atoms with Crippen LogP contribution < -0.4 is 4.40 Å². The third-order valence-corrected chi connectivity index (χ3v) is 1.66. The molecule has 0 radical (unpaired) electrons. The number of pyridine rings is 1. The van der Waals surface area contributed by atoms with E-state index >= 15 is 0 Å². The number of rotatable bonds is 0. The molecule has 0 amide bonds. The van der Waals surface area contributed by atoms with Crippen molar-refractivity contribution in [3.05, 3.63) is 42.4 Å². The Kier molecular flexibility index (Phi) is 1.32. The van der Waals surface area contributed by atoms with Gasteiger partial charge < -0.3 is 0 Å². The molecular formula is C9H9N2+. The van der Waals surface area contributed by atoms with Gasteiger partial charge in [0.25, 0.3) is 0 Å². The maximum absolute atomic E-state index is 4.20. The van der Waals surface area contributed by atoms with Crippen molar-refractivity contribution in [3.8, 4) is 0 Å². The van der Waals surface area contributed by atoms with E-state index in [1.165, 1.54) is 5.56 Å². The van der Waals surface area contributed by atoms with Crippen LogP contribution in [0.2, 0.25) is 0 Å². The van der Waals surface area contributed by atoms with Gasteiger partial charge in [-0.25, -0.2) is 4.40 Å². The molecule has 0 atom stereocenters. The van der Waals surface area contributed by atoms with Gasteiger partial charge in [0.1, 0.15) is 6.20 Å². The third kappa shape index (κ3) is 1.07. The molecule has 0 spiro atoms. The highest BCUT2D eigenvalue weighted by Crippen LogP contribution is 1.95. The van der Waals surface area contributed by atoms with Gasteiger partial charge in [0.2, 0.25) is 0 Å². The van der Waals surface area contributed by atoms with Crippen LogP contribution in [0.15, 0.2) is 36.8 Å². The van der Waals surface area contributed by atoms with E-state index in [4.69, 9.17) is 0 Å². The molecule has 2 nitrogen and oxygen atoms in total. The Morgan fingerprint density at radius 3 is 3.18 bits per heavy atom. The number of hydrogen-bond donors (Lipinski definition) is 0. The Morgan fingerprint density at radius 1 is 1.36 bits per heavy atom. The average molecular weight is 145 g/mol. The summed E-state index contributed by atoms with van der Waals surface area (Å²) in [6.07, 6.45) is 5.80. The van der Waals surface area contributed by atoms with E-state index in [9.17, 15) is 0 Å². The molecule has 0 aliphatic heterocycles. The molecule has 0 N–H and O–H groups in total. The minimum absolute atomic E-state index is 0.993. The molecular weight excluding hydrogens is 136 g/mol. The SMILES string of the molecule is Cc1cc[n+]2cccnc2c1. The van der Waals surface area contributed by atoms with E-state index < -0.39 is 0 Å². The molecule has 0 aliphatic rings. The smallest absolute Gasteiger partial charge is 0.203 e. The number of hydrogen-bond acceptors (Lipinski definition) is 1. The summed E-state index contributed by atoms with van der Waals surface area (Å²) in [4.78, 5) is 4.20. The maximum atomic E-state index is 4.20. The van der Waals surface area contributed by atoms with Crippen molar-refractivity contribution < 1.29 is 4.40 Å². The molecule has 2 heterocycles. The second kappa shape index (κ2) is 2.31. The average Bonchev–Trinajstić information content (AvgIpc) is 2.04. The fourth-order valence-electron chi connectivity index (χ4n) is 1.08. The molecule has 0 saturated heterocycles. The molecule has 54 valence electrons. The second-order valence-corrected chi connectivity index (χ2v) is 2.59. The van der Waals surface area contributed by atoms with Crippen molar-refractivity contribution in [2.45, 2.75) is 6.92 Å². The van der Waals surface area contributed by atoms with E-state index in [2.05, 4.69) is 24.0 Å². The predicted molar refractivity (Wildman–Crippen MR) is 42.1 cm³/mol. The minimum Gasteiger partial charge on any atom is -0.203 e. The lowest BCUT2D eigenvalue weighted by Crippen LogP contribution is -2.21. The van der Waals surface area contributed by atoms with Crippen molar-refractivity contribution in [2.24, 2.45) is 0 Å². The minimum atomic E-state index is 0.993. The summed E-state index contributed by atoms with van der Waals surface area (Å²) in [5.74, 6) is 0. The quantitative estimate of drug-likeness (QED) is 0.508. The van der Waals surface area contributed by atoms with E-state index in [-0.39, 0.29) is 0 Å². The Balaban J connectivity index is 2.83. The van der Waals surface area contributed by atoms with Gasteiger partial charge in [-0.15, -0.1) is 0 Å². The fourth-order valence-corrected chi connectivity index (χ4v) is 1.08. The normalized spacial score (nSPS) is 10.3. The largest absolute Gasteiger partial charge is 0.327 e. The Morgan fingerprint density at radius 2 is 2.27 bits per heavy atom. The van der Waals surface area contributed by atoms with Gasteiger partial charge in [-0.2, -0.15) is 0 Å². The van der Waals surface area contributed by atoms with E-state index in [1.807, 2.05) is 22.9 Å². The Bertz CT molecular complexity index is 382. The molecule has 0 aliphatic carbocycles. The molecule has 0 aromatic carbocycles. The van der Waals surface area contributed by atoms with E-state index in [0.29, 0.717) is 0 Å². The highest BCUT2D eigenvalue weighted by atomic mass is 14.9. The van der Waals surface area contributed by atoms with E-state index in [1.54, 1.807) is 6.20 Å². The summed E-state index contributed by atoms with van der Waals surface area (Å²) in [6.45, 7) is 2.06. The van der Waals surface area contributed by atoms with Crippen molar-refractivity contribution in [1.29, 1.82) is 0 Å². The summed E-state index contributed by atoms with van der Waals surface area (Å²) in [5, 5.41) is 0. The lowest BCUT2D eigenvalue weighted by atomic mass is 10.3. The number of fused-ring (bicyclic) bond motifs is 1. The van der Waals surface area contributed by atoms with Gasteiger partial charge in [-0.1, -0.05) is 0 Å². The van der Waals surface area contributed by atoms with Crippen LogP contribution >= 0.6 is 0 Å². The highest BCUT2D eigenvalue weighted by molar-refractivity contribution is 5.31. The lowest BCUT2D eigenvalue weighted by molar-refractivity contribution is -0.514. The number of aromatic nitrogens is 2. The molecule has 11 heavy (non-hydrogen) atoms. The van der Waals surface area contributed by atoms with Crippen molar-refractivity contribution >= 4 is 5.65 Å². The molecule has 0 unspecified atom stereocenters. The van der Waals surface area contributed by atoms with Gasteiger partial charge in [0.15, 0.2) is 0 Å². The molecule has 0 saturated carbocycles. The monoisotopic (exact) mass is 145 g/mol. The predicted octanol–water partition coefficient (Wildman–Crippen LogP) is 1.13. The first-order valence-electron chi connectivity index (χ1n) is 3.59. The number of aryl methyl sites for hydroxylation is 1. The Labute approximate surface area is 65.1 Å². The third-order valence-electron chi connectivity index (χ3n) is 1.66. The lowest BCUT2D eigenvalue weighted by Gasteiger charge is -1.90. The van der Waals surface area contributed by atoms with Crippen LogP contribution in [0, 0.1) is 6.92 Å². The molecule has 0 bridgehead atoms. The van der Waals surface area contributed by atoms with Gasteiger partial charge in [-0.05, 0) is 23.5 Å². The van der Waals surface area contributed by atoms with Crippen LogP contribution in [-0.2, 0) is 0 Å². The summed E-state index contributed by atoms with van der Waals surface area (Å²) in [6, 6.07) is 6.04. The molecule has 2 heteroatoms. The van der Waals surface area contributed by atoms with Crippen LogP contribution in [0.3, 0.4) is 0 Å². The van der Waals surface area contributed by atoms with Crippen LogP contribution in [0.1, 0.15) is 5.56 Å². The van der Waals surface area contributed by atoms with Crippen LogP contribution in [-0.4, -0.2) is 4.98 Å². The zero-order valence-corrected chi connectivity index (χ0v) is 6.36. The molecule has 2 aromatic rings. The molecule has 2 rings (SSSR count). The van der Waals surface area contributed by atoms with E-state index in [0.717, 1.165) is 5.65 Å². The standard InChI is InChI=1S/C9H9N2/c1-8-3-6-11-5-2-4-10-9(11)7-8/h2-7H,1H3/q+1. The van der Waals surface area contributed by atoms with Crippen molar-refractivity contribution in [3.63, 3.8) is 0 Å². The fraction of sp³-hybridized carbons (Fsp3) is 0.111. The highest BCUT2D eigenvalue weighted by Gasteiger charge is 1.98. The van der Waals surface area contributed by atoms with Crippen LogP contribution in [0.4, 0.5) is 0 Å². The summed E-state index contributed by atoms with van der Waals surface area (Å²) >= 11 is 0. The van der Waals surface area contributed by atoms with Crippen molar-refractivity contribution in [1.82, 2.24) is 4.98 Å². The van der Waals surface area contributed by atoms with Gasteiger partial charge in [0, 0.05) is 12.1 Å². The topological polar surface area (TPSA) is 17.0 Å². The zero-order chi connectivity index (χ0) is 7.68. The van der Waals surface area contributed by atoms with Gasteiger partial charge in [-0.3, -0.25) is 0 Å². The van der Waals surface area contributed by atoms with Gasteiger partial charge >= 0.3 is 5.65 Å². The molecule has 0 fully saturated rings. The summed E-state index contributed by atoms with van der Waals surface area (Å²) in [5.41, 5.74) is 2.23. The van der Waals surface area contributed by atoms with Crippen LogP contribution in [0.5, 0.6) is 0 Å². The number of nitrogens with zero attached hydrogens (tertiary/aromatic N) is 2. The maximum Gasteiger partial charge on any atom is 0.327 e. The first-order chi connectivity index (χ1) is 5.36. The second-order valence-electron chi connectivity index (χ2n) is 2.59. The summed E-state index contributed by atoms with van der Waals surface area (Å²) in [7, 11) is 0. The first-order valence-corrected chi connectivity index (χ1v) is 3.59. The zero-order valence-electron chi connectivity index (χ0n) is 6.36. The summed E-state index contributed by atoms with van der Waals surface area (Å²) < 4.78 is 1.99. The molecule has 2 aromatic heterocycles. The van der Waals surface area contributed by atoms with Gasteiger partial charge in [0.05, 0.1) is 12.4 Å². The first kappa shape index (κ1) is 6.28.